The fourth-order valence-corrected chi connectivity index (χ4v) is 1.88. The van der Waals surface area contributed by atoms with Crippen LogP contribution in [0.1, 0.15) is 42.3 Å². The van der Waals surface area contributed by atoms with Gasteiger partial charge in [-0.2, -0.15) is 0 Å². The molecule has 1 aromatic carbocycles. The quantitative estimate of drug-likeness (QED) is 0.744. The second-order valence-corrected chi connectivity index (χ2v) is 6.25. The molecule has 132 valence electrons. The van der Waals surface area contributed by atoms with E-state index in [1.165, 1.54) is 6.92 Å². The Morgan fingerprint density at radius 1 is 1.04 bits per heavy atom. The Labute approximate surface area is 143 Å². The van der Waals surface area contributed by atoms with E-state index in [4.69, 9.17) is 4.74 Å². The lowest BCUT2D eigenvalue weighted by atomic mass is 10.1. The van der Waals surface area contributed by atoms with Crippen molar-refractivity contribution in [2.75, 3.05) is 13.1 Å². The Kier molecular flexibility index (Phi) is 7.42. The van der Waals surface area contributed by atoms with E-state index in [-0.39, 0.29) is 18.4 Å². The van der Waals surface area contributed by atoms with Gasteiger partial charge < -0.3 is 15.4 Å². The van der Waals surface area contributed by atoms with Crippen molar-refractivity contribution in [1.82, 2.24) is 10.6 Å². The Balaban J connectivity index is 2.43. The average molecular weight is 334 g/mol. The summed E-state index contributed by atoms with van der Waals surface area (Å²) in [6.45, 7) is 9.55. The zero-order valence-corrected chi connectivity index (χ0v) is 14.9. The highest BCUT2D eigenvalue weighted by atomic mass is 16.5. The molecule has 6 heteroatoms. The summed E-state index contributed by atoms with van der Waals surface area (Å²) in [7, 11) is 0. The van der Waals surface area contributed by atoms with Crippen LogP contribution in [0.25, 0.3) is 0 Å². The molecule has 1 aromatic rings. The first-order valence-electron chi connectivity index (χ1n) is 8.03. The number of esters is 1. The van der Waals surface area contributed by atoms with Crippen LogP contribution in [-0.4, -0.2) is 37.0 Å². The van der Waals surface area contributed by atoms with Gasteiger partial charge in [0.1, 0.15) is 6.54 Å². The van der Waals surface area contributed by atoms with E-state index in [9.17, 15) is 14.4 Å². The lowest BCUT2D eigenvalue weighted by Gasteiger charge is -2.15. The van der Waals surface area contributed by atoms with Crippen molar-refractivity contribution in [3.63, 3.8) is 0 Å². The predicted molar refractivity (Wildman–Crippen MR) is 91.7 cm³/mol. The molecule has 0 fully saturated rings. The van der Waals surface area contributed by atoms with Crippen LogP contribution in [0.5, 0.6) is 0 Å². The monoisotopic (exact) mass is 334 g/mol. The highest BCUT2D eigenvalue weighted by molar-refractivity contribution is 5.96. The fourth-order valence-electron chi connectivity index (χ4n) is 1.88. The Morgan fingerprint density at radius 3 is 2.29 bits per heavy atom. The van der Waals surface area contributed by atoms with Crippen molar-refractivity contribution in [3.8, 4) is 0 Å². The molecule has 24 heavy (non-hydrogen) atoms. The number of amides is 2. The van der Waals surface area contributed by atoms with Crippen LogP contribution in [0.3, 0.4) is 0 Å². The third-order valence-corrected chi connectivity index (χ3v) is 3.52. The number of ether oxygens (including phenoxy) is 1. The molecule has 6 nitrogen and oxygen atoms in total. The maximum Gasteiger partial charge on any atom is 0.326 e. The van der Waals surface area contributed by atoms with Gasteiger partial charge in [-0.05, 0) is 49.9 Å². The summed E-state index contributed by atoms with van der Waals surface area (Å²) in [4.78, 5) is 35.5. The minimum atomic E-state index is -0.894. The third kappa shape index (κ3) is 6.40. The molecule has 0 saturated carbocycles. The van der Waals surface area contributed by atoms with Crippen LogP contribution in [0.4, 0.5) is 0 Å². The predicted octanol–water partition coefficient (Wildman–Crippen LogP) is 1.74. The zero-order valence-electron chi connectivity index (χ0n) is 14.9. The van der Waals surface area contributed by atoms with Gasteiger partial charge in [-0.15, -0.1) is 0 Å². The molecule has 1 atom stereocenters. The van der Waals surface area contributed by atoms with Crippen molar-refractivity contribution in [2.45, 2.75) is 40.7 Å². The third-order valence-electron chi connectivity index (χ3n) is 3.52. The number of rotatable bonds is 7. The van der Waals surface area contributed by atoms with Crippen LogP contribution in [0, 0.1) is 19.8 Å². The van der Waals surface area contributed by atoms with Crippen LogP contribution < -0.4 is 10.6 Å². The number of benzene rings is 1. The molecule has 0 radical (unpaired) electrons. The molecule has 0 heterocycles. The average Bonchev–Trinajstić information content (AvgIpc) is 2.52. The lowest BCUT2D eigenvalue weighted by molar-refractivity contribution is -0.153. The van der Waals surface area contributed by atoms with Gasteiger partial charge in [0.15, 0.2) is 6.10 Å². The van der Waals surface area contributed by atoms with Crippen LogP contribution in [0.15, 0.2) is 18.2 Å². The van der Waals surface area contributed by atoms with Gasteiger partial charge >= 0.3 is 5.97 Å². The standard InChI is InChI=1S/C18H26N2O4/c1-11(2)9-19-17(22)14(5)24-16(21)10-20-18(23)15-7-6-12(3)13(4)8-15/h6-8,11,14H,9-10H2,1-5H3,(H,19,22)(H,20,23). The highest BCUT2D eigenvalue weighted by Crippen LogP contribution is 2.09. The van der Waals surface area contributed by atoms with Crippen molar-refractivity contribution in [2.24, 2.45) is 5.92 Å². The maximum atomic E-state index is 12.0. The Bertz CT molecular complexity index is 611. The summed E-state index contributed by atoms with van der Waals surface area (Å²) in [5, 5.41) is 5.18. The first-order chi connectivity index (χ1) is 11.2. The van der Waals surface area contributed by atoms with Gasteiger partial charge in [0.25, 0.3) is 11.8 Å². The molecule has 0 aliphatic heterocycles. The molecule has 0 saturated heterocycles. The van der Waals surface area contributed by atoms with E-state index in [1.54, 1.807) is 12.1 Å². The smallest absolute Gasteiger partial charge is 0.326 e. The summed E-state index contributed by atoms with van der Waals surface area (Å²) in [5.41, 5.74) is 2.57. The maximum absolute atomic E-state index is 12.0. The number of hydrogen-bond donors (Lipinski definition) is 2. The van der Waals surface area contributed by atoms with Crippen molar-refractivity contribution in [1.29, 1.82) is 0 Å². The molecule has 2 amide bonds. The molecule has 0 spiro atoms. The minimum absolute atomic E-state index is 0.284. The van der Waals surface area contributed by atoms with E-state index in [0.29, 0.717) is 18.0 Å². The van der Waals surface area contributed by atoms with Gasteiger partial charge in [-0.25, -0.2) is 0 Å². The van der Waals surface area contributed by atoms with Crippen LogP contribution in [0.2, 0.25) is 0 Å². The van der Waals surface area contributed by atoms with E-state index >= 15 is 0 Å². The van der Waals surface area contributed by atoms with E-state index < -0.39 is 12.1 Å². The lowest BCUT2D eigenvalue weighted by Crippen LogP contribution is -2.39. The number of nitrogens with one attached hydrogen (secondary N) is 2. The molecular weight excluding hydrogens is 308 g/mol. The summed E-state index contributed by atoms with van der Waals surface area (Å²) < 4.78 is 5.01. The normalized spacial score (nSPS) is 11.8. The summed E-state index contributed by atoms with van der Waals surface area (Å²) in [5.74, 6) is -1.04. The van der Waals surface area contributed by atoms with E-state index in [2.05, 4.69) is 10.6 Å². The fraction of sp³-hybridized carbons (Fsp3) is 0.500. The van der Waals surface area contributed by atoms with Crippen molar-refractivity contribution < 1.29 is 19.1 Å². The molecule has 0 bridgehead atoms. The molecule has 2 N–H and O–H groups in total. The zero-order chi connectivity index (χ0) is 18.3. The molecule has 0 aromatic heterocycles. The van der Waals surface area contributed by atoms with E-state index in [1.807, 2.05) is 33.8 Å². The minimum Gasteiger partial charge on any atom is -0.451 e. The Morgan fingerprint density at radius 2 is 1.71 bits per heavy atom. The highest BCUT2D eigenvalue weighted by Gasteiger charge is 2.18. The van der Waals surface area contributed by atoms with Crippen molar-refractivity contribution >= 4 is 17.8 Å². The van der Waals surface area contributed by atoms with Gasteiger partial charge in [0, 0.05) is 12.1 Å². The first-order valence-corrected chi connectivity index (χ1v) is 8.03. The van der Waals surface area contributed by atoms with Crippen molar-refractivity contribution in [3.05, 3.63) is 34.9 Å². The molecule has 0 aliphatic carbocycles. The SMILES string of the molecule is Cc1ccc(C(=O)NCC(=O)OC(C)C(=O)NCC(C)C)cc1C. The largest absolute Gasteiger partial charge is 0.451 e. The summed E-state index contributed by atoms with van der Waals surface area (Å²) in [6, 6.07) is 5.31. The number of carbonyl (C=O) groups is 3. The second-order valence-electron chi connectivity index (χ2n) is 6.25. The van der Waals surface area contributed by atoms with Gasteiger partial charge in [0.05, 0.1) is 0 Å². The first kappa shape index (κ1) is 19.7. The topological polar surface area (TPSA) is 84.5 Å². The number of hydrogen-bond acceptors (Lipinski definition) is 4. The second kappa shape index (κ2) is 9.05. The molecule has 1 unspecified atom stereocenters. The molecular formula is C18H26N2O4. The summed E-state index contributed by atoms with van der Waals surface area (Å²) >= 11 is 0. The van der Waals surface area contributed by atoms with Gasteiger partial charge in [-0.1, -0.05) is 19.9 Å². The van der Waals surface area contributed by atoms with Gasteiger partial charge in [-0.3, -0.25) is 14.4 Å². The molecule has 1 rings (SSSR count). The number of aryl methyl sites for hydroxylation is 2. The van der Waals surface area contributed by atoms with E-state index in [0.717, 1.165) is 11.1 Å². The Hall–Kier alpha value is -2.37. The van der Waals surface area contributed by atoms with Gasteiger partial charge in [0.2, 0.25) is 0 Å². The number of carbonyl (C=O) groups excluding carboxylic acids is 3. The van der Waals surface area contributed by atoms with Crippen LogP contribution in [-0.2, 0) is 14.3 Å². The summed E-state index contributed by atoms with van der Waals surface area (Å²) in [6.07, 6.45) is -0.894. The molecule has 0 aliphatic rings. The van der Waals surface area contributed by atoms with Crippen LogP contribution >= 0.6 is 0 Å².